The third kappa shape index (κ3) is 5.21. The van der Waals surface area contributed by atoms with E-state index >= 15 is 0 Å². The number of aliphatic hydroxyl groups is 2. The van der Waals surface area contributed by atoms with Crippen molar-refractivity contribution in [2.45, 2.75) is 38.7 Å². The van der Waals surface area contributed by atoms with Gasteiger partial charge in [-0.1, -0.05) is 30.3 Å². The fourth-order valence-corrected chi connectivity index (χ4v) is 2.68. The number of rotatable bonds is 5. The molecule has 0 spiro atoms. The van der Waals surface area contributed by atoms with Gasteiger partial charge in [0, 0.05) is 19.6 Å². The highest BCUT2D eigenvalue weighted by molar-refractivity contribution is 5.14. The fraction of sp³-hybridized carbons (Fsp3) is 0.625. The van der Waals surface area contributed by atoms with Crippen molar-refractivity contribution in [3.05, 3.63) is 35.9 Å². The molecule has 0 saturated carbocycles. The summed E-state index contributed by atoms with van der Waals surface area (Å²) in [4.78, 5) is 2.25. The average molecular weight is 279 g/mol. The summed E-state index contributed by atoms with van der Waals surface area (Å²) in [6.07, 6.45) is 0.421. The standard InChI is InChI=1S/C16H25NO3/c1-16(2,19)20-12-14-8-15(18)11-17(10-14)9-13-6-4-3-5-7-13/h3-7,14-15,18-19H,8-12H2,1-2H3. The van der Waals surface area contributed by atoms with Gasteiger partial charge in [0.15, 0.2) is 5.79 Å². The highest BCUT2D eigenvalue weighted by Gasteiger charge is 2.27. The van der Waals surface area contributed by atoms with Crippen molar-refractivity contribution in [3.63, 3.8) is 0 Å². The molecule has 1 aromatic rings. The van der Waals surface area contributed by atoms with Gasteiger partial charge in [-0.15, -0.1) is 0 Å². The first kappa shape index (κ1) is 15.4. The Bertz CT molecular complexity index is 402. The van der Waals surface area contributed by atoms with Crippen LogP contribution in [0.15, 0.2) is 30.3 Å². The number of hydrogen-bond acceptors (Lipinski definition) is 4. The summed E-state index contributed by atoms with van der Waals surface area (Å²) in [5.41, 5.74) is 1.25. The molecule has 1 aliphatic rings. The lowest BCUT2D eigenvalue weighted by Crippen LogP contribution is -2.44. The Kier molecular flexibility index (Phi) is 5.16. The maximum absolute atomic E-state index is 10.00. The zero-order valence-electron chi connectivity index (χ0n) is 12.3. The molecule has 1 saturated heterocycles. The van der Waals surface area contributed by atoms with Crippen molar-refractivity contribution in [1.29, 1.82) is 0 Å². The zero-order chi connectivity index (χ0) is 14.6. The Morgan fingerprint density at radius 3 is 2.60 bits per heavy atom. The van der Waals surface area contributed by atoms with E-state index in [9.17, 15) is 10.2 Å². The molecule has 1 aliphatic heterocycles. The molecule has 0 aliphatic carbocycles. The molecule has 0 radical (unpaired) electrons. The van der Waals surface area contributed by atoms with Crippen molar-refractivity contribution < 1.29 is 14.9 Å². The highest BCUT2D eigenvalue weighted by Crippen LogP contribution is 2.21. The maximum Gasteiger partial charge on any atom is 0.159 e. The lowest BCUT2D eigenvalue weighted by Gasteiger charge is -2.36. The minimum atomic E-state index is -1.10. The van der Waals surface area contributed by atoms with Gasteiger partial charge in [0.2, 0.25) is 0 Å². The van der Waals surface area contributed by atoms with E-state index in [0.717, 1.165) is 19.5 Å². The van der Waals surface area contributed by atoms with E-state index in [-0.39, 0.29) is 12.0 Å². The molecule has 2 atom stereocenters. The smallest absolute Gasteiger partial charge is 0.159 e. The van der Waals surface area contributed by atoms with Gasteiger partial charge in [-0.2, -0.15) is 0 Å². The van der Waals surface area contributed by atoms with Gasteiger partial charge in [-0.25, -0.2) is 0 Å². The predicted octanol–water partition coefficient (Wildman–Crippen LogP) is 1.61. The molecule has 0 aromatic heterocycles. The molecule has 0 amide bonds. The molecule has 20 heavy (non-hydrogen) atoms. The number of aliphatic hydroxyl groups excluding tert-OH is 1. The van der Waals surface area contributed by atoms with Crippen LogP contribution in [-0.4, -0.2) is 46.7 Å². The van der Waals surface area contributed by atoms with Crippen LogP contribution < -0.4 is 0 Å². The van der Waals surface area contributed by atoms with Gasteiger partial charge in [0.05, 0.1) is 12.7 Å². The largest absolute Gasteiger partial charge is 0.392 e. The molecular formula is C16H25NO3. The Balaban J connectivity index is 1.88. The third-order valence-corrected chi connectivity index (χ3v) is 3.51. The van der Waals surface area contributed by atoms with Crippen molar-refractivity contribution >= 4 is 0 Å². The second-order valence-electron chi connectivity index (χ2n) is 6.19. The predicted molar refractivity (Wildman–Crippen MR) is 78.1 cm³/mol. The second kappa shape index (κ2) is 6.68. The summed E-state index contributed by atoms with van der Waals surface area (Å²) >= 11 is 0. The maximum atomic E-state index is 10.00. The quantitative estimate of drug-likeness (QED) is 0.804. The summed E-state index contributed by atoms with van der Waals surface area (Å²) < 4.78 is 5.43. The Morgan fingerprint density at radius 2 is 1.95 bits per heavy atom. The first-order valence-corrected chi connectivity index (χ1v) is 7.23. The summed E-state index contributed by atoms with van der Waals surface area (Å²) in [6, 6.07) is 10.3. The number of hydrogen-bond donors (Lipinski definition) is 2. The number of likely N-dealkylation sites (tertiary alicyclic amines) is 1. The van der Waals surface area contributed by atoms with Gasteiger partial charge >= 0.3 is 0 Å². The number of β-amino-alcohol motifs (C(OH)–C–C–N with tert-alkyl or cyclic N) is 1. The van der Waals surface area contributed by atoms with Gasteiger partial charge in [0.25, 0.3) is 0 Å². The SMILES string of the molecule is CC(C)(O)OCC1CC(O)CN(Cc2ccccc2)C1. The van der Waals surface area contributed by atoms with E-state index in [1.807, 2.05) is 18.2 Å². The molecule has 1 aromatic carbocycles. The molecule has 1 fully saturated rings. The van der Waals surface area contributed by atoms with Gasteiger partial charge < -0.3 is 14.9 Å². The molecule has 1 heterocycles. The molecule has 0 bridgehead atoms. The van der Waals surface area contributed by atoms with E-state index < -0.39 is 5.79 Å². The van der Waals surface area contributed by atoms with Crippen LogP contribution in [-0.2, 0) is 11.3 Å². The molecule has 2 N–H and O–H groups in total. The van der Waals surface area contributed by atoms with E-state index in [1.54, 1.807) is 13.8 Å². The fourth-order valence-electron chi connectivity index (χ4n) is 2.68. The monoisotopic (exact) mass is 279 g/mol. The van der Waals surface area contributed by atoms with Gasteiger partial charge in [0.1, 0.15) is 0 Å². The summed E-state index contributed by atoms with van der Waals surface area (Å²) in [7, 11) is 0. The summed E-state index contributed by atoms with van der Waals surface area (Å²) in [5, 5.41) is 19.6. The summed E-state index contributed by atoms with van der Waals surface area (Å²) in [6.45, 7) is 6.18. The number of nitrogens with zero attached hydrogens (tertiary/aromatic N) is 1. The van der Waals surface area contributed by atoms with Crippen LogP contribution in [0.3, 0.4) is 0 Å². The van der Waals surface area contributed by atoms with Crippen LogP contribution in [0.1, 0.15) is 25.8 Å². The van der Waals surface area contributed by atoms with Crippen LogP contribution in [0, 0.1) is 5.92 Å². The molecule has 4 heteroatoms. The topological polar surface area (TPSA) is 52.9 Å². The number of benzene rings is 1. The van der Waals surface area contributed by atoms with Crippen LogP contribution in [0.2, 0.25) is 0 Å². The van der Waals surface area contributed by atoms with Crippen molar-refractivity contribution in [1.82, 2.24) is 4.90 Å². The Hall–Kier alpha value is -0.940. The molecule has 4 nitrogen and oxygen atoms in total. The van der Waals surface area contributed by atoms with Crippen LogP contribution >= 0.6 is 0 Å². The third-order valence-electron chi connectivity index (χ3n) is 3.51. The lowest BCUT2D eigenvalue weighted by molar-refractivity contribution is -0.188. The second-order valence-corrected chi connectivity index (χ2v) is 6.19. The minimum Gasteiger partial charge on any atom is -0.392 e. The lowest BCUT2D eigenvalue weighted by atomic mass is 9.96. The normalized spacial score (nSPS) is 24.8. The van der Waals surface area contributed by atoms with Crippen molar-refractivity contribution in [2.24, 2.45) is 5.92 Å². The Morgan fingerprint density at radius 1 is 1.25 bits per heavy atom. The molecule has 112 valence electrons. The van der Waals surface area contributed by atoms with Crippen LogP contribution in [0.5, 0.6) is 0 Å². The van der Waals surface area contributed by atoms with Crippen LogP contribution in [0.25, 0.3) is 0 Å². The van der Waals surface area contributed by atoms with Crippen molar-refractivity contribution in [2.75, 3.05) is 19.7 Å². The molecular weight excluding hydrogens is 254 g/mol. The number of piperidine rings is 1. The summed E-state index contributed by atoms with van der Waals surface area (Å²) in [5.74, 6) is -0.846. The molecule has 2 rings (SSSR count). The van der Waals surface area contributed by atoms with Gasteiger partial charge in [-0.05, 0) is 31.7 Å². The zero-order valence-corrected chi connectivity index (χ0v) is 12.3. The van der Waals surface area contributed by atoms with E-state index in [4.69, 9.17) is 4.74 Å². The van der Waals surface area contributed by atoms with Crippen molar-refractivity contribution in [3.8, 4) is 0 Å². The first-order valence-electron chi connectivity index (χ1n) is 7.23. The highest BCUT2D eigenvalue weighted by atomic mass is 16.6. The van der Waals surface area contributed by atoms with E-state index in [0.29, 0.717) is 13.2 Å². The van der Waals surface area contributed by atoms with Gasteiger partial charge in [-0.3, -0.25) is 4.90 Å². The van der Waals surface area contributed by atoms with Crippen LogP contribution in [0.4, 0.5) is 0 Å². The minimum absolute atomic E-state index is 0.258. The number of ether oxygens (including phenoxy) is 1. The van der Waals surface area contributed by atoms with E-state index in [1.165, 1.54) is 5.56 Å². The molecule has 2 unspecified atom stereocenters. The first-order chi connectivity index (χ1) is 9.42. The Labute approximate surface area is 121 Å². The average Bonchev–Trinajstić information content (AvgIpc) is 2.36. The van der Waals surface area contributed by atoms with E-state index in [2.05, 4.69) is 17.0 Å².